The summed E-state index contributed by atoms with van der Waals surface area (Å²) in [6, 6.07) is 7.38. The van der Waals surface area contributed by atoms with Crippen LogP contribution < -0.4 is 10.6 Å². The lowest BCUT2D eigenvalue weighted by molar-refractivity contribution is 0.0657. The Morgan fingerprint density at radius 2 is 2.11 bits per heavy atom. The van der Waals surface area contributed by atoms with Crippen molar-refractivity contribution < 1.29 is 9.53 Å². The van der Waals surface area contributed by atoms with E-state index < -0.39 is 0 Å². The minimum Gasteiger partial charge on any atom is -0.381 e. The minimum atomic E-state index is -0.319. The molecule has 0 radical (unpaired) electrons. The van der Waals surface area contributed by atoms with Crippen molar-refractivity contribution in [2.75, 3.05) is 23.8 Å². The van der Waals surface area contributed by atoms with Gasteiger partial charge in [0.2, 0.25) is 0 Å². The second-order valence-corrected chi connectivity index (χ2v) is 6.41. The highest BCUT2D eigenvalue weighted by Crippen LogP contribution is 2.25. The zero-order chi connectivity index (χ0) is 18.6. The summed E-state index contributed by atoms with van der Waals surface area (Å²) in [7, 11) is 0. The first-order chi connectivity index (χ1) is 13.2. The lowest BCUT2D eigenvalue weighted by Gasteiger charge is -2.23. The van der Waals surface area contributed by atoms with Crippen molar-refractivity contribution >= 4 is 17.4 Å². The first-order valence-corrected chi connectivity index (χ1v) is 8.87. The fraction of sp³-hybridized carbons (Fsp3) is 0.333. The molecular weight excluding hydrogens is 346 g/mol. The Morgan fingerprint density at radius 1 is 1.26 bits per heavy atom. The molecule has 2 amide bonds. The smallest absolute Gasteiger partial charge is 0.323 e. The van der Waals surface area contributed by atoms with Gasteiger partial charge in [-0.05, 0) is 38.0 Å². The van der Waals surface area contributed by atoms with Crippen molar-refractivity contribution in [3.8, 4) is 5.69 Å². The van der Waals surface area contributed by atoms with Gasteiger partial charge in [-0.3, -0.25) is 4.68 Å². The number of amides is 2. The van der Waals surface area contributed by atoms with Crippen LogP contribution in [0.5, 0.6) is 0 Å². The van der Waals surface area contributed by atoms with Gasteiger partial charge in [0.25, 0.3) is 0 Å². The molecule has 2 aromatic heterocycles. The molecule has 140 valence electrons. The summed E-state index contributed by atoms with van der Waals surface area (Å²) in [6.45, 7) is 3.45. The number of rotatable bonds is 4. The molecule has 4 rings (SSSR count). The van der Waals surface area contributed by atoms with E-state index in [0.29, 0.717) is 17.4 Å². The zero-order valence-electron chi connectivity index (χ0n) is 15.0. The summed E-state index contributed by atoms with van der Waals surface area (Å²) in [6.07, 6.45) is 6.90. The molecule has 0 spiro atoms. The fourth-order valence-corrected chi connectivity index (χ4v) is 3.20. The summed E-state index contributed by atoms with van der Waals surface area (Å²) in [4.78, 5) is 12.4. The topological polar surface area (TPSA) is 98.9 Å². The predicted octanol–water partition coefficient (Wildman–Crippen LogP) is 2.77. The Bertz CT molecular complexity index is 914. The van der Waals surface area contributed by atoms with Gasteiger partial charge in [-0.25, -0.2) is 9.48 Å². The lowest BCUT2D eigenvalue weighted by Crippen LogP contribution is -2.22. The molecule has 9 heteroatoms. The van der Waals surface area contributed by atoms with Gasteiger partial charge in [0.15, 0.2) is 0 Å². The molecule has 3 heterocycles. The monoisotopic (exact) mass is 367 g/mol. The van der Waals surface area contributed by atoms with Gasteiger partial charge in [0.05, 0.1) is 41.7 Å². The highest BCUT2D eigenvalue weighted by atomic mass is 16.5. The van der Waals surface area contributed by atoms with Crippen LogP contribution in [0.25, 0.3) is 5.69 Å². The van der Waals surface area contributed by atoms with Crippen LogP contribution in [0.2, 0.25) is 0 Å². The quantitative estimate of drug-likeness (QED) is 0.739. The van der Waals surface area contributed by atoms with E-state index in [4.69, 9.17) is 4.74 Å². The minimum absolute atomic E-state index is 0.316. The number of carbonyl (C=O) groups excluding carboxylic acids is 1. The van der Waals surface area contributed by atoms with E-state index in [2.05, 4.69) is 26.0 Å². The lowest BCUT2D eigenvalue weighted by atomic mass is 10.1. The number of benzene rings is 1. The van der Waals surface area contributed by atoms with Crippen LogP contribution in [0.4, 0.5) is 16.2 Å². The first-order valence-electron chi connectivity index (χ1n) is 8.87. The number of nitrogens with one attached hydrogen (secondary N) is 2. The van der Waals surface area contributed by atoms with Crippen LogP contribution in [0, 0.1) is 6.92 Å². The Kier molecular flexibility index (Phi) is 4.84. The number of carbonyl (C=O) groups is 1. The normalized spacial score (nSPS) is 14.9. The molecular formula is C18H21N7O2. The molecule has 1 saturated heterocycles. The standard InChI is InChI=1S/C18H21N7O2/c1-13-17(12-20-25(13)15-5-9-27-10-6-15)22-18(26)21-14-3-2-4-16(11-14)24-8-7-19-23-24/h2-4,7-8,11-12,15H,5-6,9-10H2,1H3,(H2,21,22,26). The summed E-state index contributed by atoms with van der Waals surface area (Å²) in [5.41, 5.74) is 3.11. The van der Waals surface area contributed by atoms with E-state index in [9.17, 15) is 4.79 Å². The first kappa shape index (κ1) is 17.2. The average Bonchev–Trinajstić information content (AvgIpc) is 3.34. The Balaban J connectivity index is 1.43. The molecule has 3 aromatic rings. The van der Waals surface area contributed by atoms with E-state index in [1.54, 1.807) is 23.3 Å². The van der Waals surface area contributed by atoms with E-state index in [1.807, 2.05) is 35.9 Å². The summed E-state index contributed by atoms with van der Waals surface area (Å²) in [5.74, 6) is 0. The summed E-state index contributed by atoms with van der Waals surface area (Å²) >= 11 is 0. The predicted molar refractivity (Wildman–Crippen MR) is 100 cm³/mol. The van der Waals surface area contributed by atoms with Gasteiger partial charge in [-0.2, -0.15) is 5.10 Å². The molecule has 0 saturated carbocycles. The summed E-state index contributed by atoms with van der Waals surface area (Å²) in [5, 5.41) is 17.9. The molecule has 2 N–H and O–H groups in total. The number of anilines is 2. The molecule has 1 fully saturated rings. The van der Waals surface area contributed by atoms with Crippen molar-refractivity contribution in [3.63, 3.8) is 0 Å². The maximum Gasteiger partial charge on any atom is 0.323 e. The number of hydrogen-bond acceptors (Lipinski definition) is 5. The largest absolute Gasteiger partial charge is 0.381 e. The maximum absolute atomic E-state index is 12.4. The number of nitrogens with zero attached hydrogens (tertiary/aromatic N) is 5. The van der Waals surface area contributed by atoms with Crippen LogP contribution in [-0.2, 0) is 4.74 Å². The fourth-order valence-electron chi connectivity index (χ4n) is 3.20. The van der Waals surface area contributed by atoms with Crippen LogP contribution in [0.15, 0.2) is 42.9 Å². The van der Waals surface area contributed by atoms with Crippen molar-refractivity contribution in [1.29, 1.82) is 0 Å². The molecule has 9 nitrogen and oxygen atoms in total. The Hall–Kier alpha value is -3.20. The van der Waals surface area contributed by atoms with Crippen molar-refractivity contribution in [1.82, 2.24) is 24.8 Å². The number of ether oxygens (including phenoxy) is 1. The van der Waals surface area contributed by atoms with Gasteiger partial charge in [-0.15, -0.1) is 5.10 Å². The van der Waals surface area contributed by atoms with Gasteiger partial charge < -0.3 is 15.4 Å². The maximum atomic E-state index is 12.4. The molecule has 1 aliphatic rings. The van der Waals surface area contributed by atoms with Crippen molar-refractivity contribution in [3.05, 3.63) is 48.5 Å². The van der Waals surface area contributed by atoms with E-state index in [-0.39, 0.29) is 6.03 Å². The molecule has 0 unspecified atom stereocenters. The summed E-state index contributed by atoms with van der Waals surface area (Å²) < 4.78 is 9.01. The molecule has 0 aliphatic carbocycles. The van der Waals surface area contributed by atoms with Crippen molar-refractivity contribution in [2.24, 2.45) is 0 Å². The van der Waals surface area contributed by atoms with Gasteiger partial charge in [0.1, 0.15) is 0 Å². The van der Waals surface area contributed by atoms with Crippen LogP contribution in [-0.4, -0.2) is 44.0 Å². The second-order valence-electron chi connectivity index (χ2n) is 6.41. The van der Waals surface area contributed by atoms with Crippen LogP contribution >= 0.6 is 0 Å². The Morgan fingerprint density at radius 3 is 2.89 bits per heavy atom. The molecule has 1 aliphatic heterocycles. The molecule has 0 bridgehead atoms. The highest BCUT2D eigenvalue weighted by molar-refractivity contribution is 6.00. The second kappa shape index (κ2) is 7.58. The molecule has 0 atom stereocenters. The third kappa shape index (κ3) is 3.82. The van der Waals surface area contributed by atoms with E-state index in [1.165, 1.54) is 0 Å². The van der Waals surface area contributed by atoms with Crippen molar-refractivity contribution in [2.45, 2.75) is 25.8 Å². The SMILES string of the molecule is Cc1c(NC(=O)Nc2cccc(-n3ccnn3)c2)cnn1C1CCOCC1. The number of hydrogen-bond donors (Lipinski definition) is 2. The third-order valence-electron chi connectivity index (χ3n) is 4.62. The molecule has 27 heavy (non-hydrogen) atoms. The number of aromatic nitrogens is 5. The third-order valence-corrected chi connectivity index (χ3v) is 4.62. The van der Waals surface area contributed by atoms with E-state index in [0.717, 1.165) is 37.4 Å². The van der Waals surface area contributed by atoms with Gasteiger partial charge in [-0.1, -0.05) is 11.3 Å². The Labute approximate surface area is 156 Å². The molecule has 1 aromatic carbocycles. The number of urea groups is 1. The average molecular weight is 367 g/mol. The van der Waals surface area contributed by atoms with Crippen LogP contribution in [0.3, 0.4) is 0 Å². The zero-order valence-corrected chi connectivity index (χ0v) is 15.0. The van der Waals surface area contributed by atoms with Gasteiger partial charge in [0, 0.05) is 18.9 Å². The van der Waals surface area contributed by atoms with Gasteiger partial charge >= 0.3 is 6.03 Å². The van der Waals surface area contributed by atoms with Crippen LogP contribution in [0.1, 0.15) is 24.6 Å². The highest BCUT2D eigenvalue weighted by Gasteiger charge is 2.20. The van der Waals surface area contributed by atoms with E-state index >= 15 is 0 Å².